The van der Waals surface area contributed by atoms with Gasteiger partial charge in [-0.25, -0.2) is 8.42 Å². The predicted molar refractivity (Wildman–Crippen MR) is 84.3 cm³/mol. The molecule has 0 spiro atoms. The molecule has 118 valence electrons. The van der Waals surface area contributed by atoms with Crippen LogP contribution in [0.25, 0.3) is 0 Å². The largest absolute Gasteiger partial charge is 0.348 e. The summed E-state index contributed by atoms with van der Waals surface area (Å²) in [6.07, 6.45) is 1.79. The van der Waals surface area contributed by atoms with E-state index >= 15 is 0 Å². The first-order valence-electron chi connectivity index (χ1n) is 7.06. The van der Waals surface area contributed by atoms with Crippen LogP contribution >= 0.6 is 0 Å². The lowest BCUT2D eigenvalue weighted by molar-refractivity contribution is -0.122. The van der Waals surface area contributed by atoms with Gasteiger partial charge in [-0.3, -0.25) is 4.79 Å². The Hall–Kier alpha value is -1.40. The fourth-order valence-corrected chi connectivity index (χ4v) is 3.21. The normalized spacial score (nSPS) is 14.7. The summed E-state index contributed by atoms with van der Waals surface area (Å²) >= 11 is 0. The summed E-state index contributed by atoms with van der Waals surface area (Å²) in [5, 5.41) is 2.83. The van der Waals surface area contributed by atoms with Gasteiger partial charge in [0.05, 0.1) is 18.8 Å². The molecular formula is C15H24N2O3S. The molecule has 0 aliphatic heterocycles. The highest BCUT2D eigenvalue weighted by Crippen LogP contribution is 2.12. The Morgan fingerprint density at radius 3 is 2.29 bits per heavy atom. The minimum Gasteiger partial charge on any atom is -0.348 e. The number of sulfonamides is 1. The van der Waals surface area contributed by atoms with E-state index < -0.39 is 10.0 Å². The van der Waals surface area contributed by atoms with Gasteiger partial charge in [0.25, 0.3) is 0 Å². The van der Waals surface area contributed by atoms with Crippen molar-refractivity contribution in [3.05, 3.63) is 35.9 Å². The molecule has 1 aromatic carbocycles. The number of hydrogen-bond donors (Lipinski definition) is 1. The van der Waals surface area contributed by atoms with Crippen LogP contribution in [0.4, 0.5) is 0 Å². The van der Waals surface area contributed by atoms with E-state index in [0.29, 0.717) is 6.42 Å². The minimum atomic E-state index is -3.40. The van der Waals surface area contributed by atoms with Crippen LogP contribution in [0.3, 0.4) is 0 Å². The van der Waals surface area contributed by atoms with E-state index in [9.17, 15) is 13.2 Å². The molecule has 0 aliphatic rings. The van der Waals surface area contributed by atoms with Gasteiger partial charge in [0.1, 0.15) is 0 Å². The highest BCUT2D eigenvalue weighted by Gasteiger charge is 2.25. The third-order valence-corrected chi connectivity index (χ3v) is 4.83. The molecule has 0 fully saturated rings. The van der Waals surface area contributed by atoms with Crippen molar-refractivity contribution >= 4 is 15.9 Å². The second kappa shape index (κ2) is 7.56. The van der Waals surface area contributed by atoms with Gasteiger partial charge < -0.3 is 5.32 Å². The third kappa shape index (κ3) is 5.47. The molecule has 0 heterocycles. The number of amides is 1. The fraction of sp³-hybridized carbons (Fsp3) is 0.533. The second-order valence-corrected chi connectivity index (χ2v) is 7.20. The lowest BCUT2D eigenvalue weighted by Gasteiger charge is -2.26. The van der Waals surface area contributed by atoms with E-state index in [1.165, 1.54) is 4.31 Å². The van der Waals surface area contributed by atoms with Crippen molar-refractivity contribution in [1.82, 2.24) is 9.62 Å². The number of nitrogens with zero attached hydrogens (tertiary/aromatic N) is 1. The van der Waals surface area contributed by atoms with Gasteiger partial charge in [0.2, 0.25) is 15.9 Å². The summed E-state index contributed by atoms with van der Waals surface area (Å²) in [4.78, 5) is 12.1. The third-order valence-electron chi connectivity index (χ3n) is 3.48. The van der Waals surface area contributed by atoms with E-state index in [-0.39, 0.29) is 24.5 Å². The first-order chi connectivity index (χ1) is 9.75. The highest BCUT2D eigenvalue weighted by molar-refractivity contribution is 7.88. The van der Waals surface area contributed by atoms with Crippen molar-refractivity contribution < 1.29 is 13.2 Å². The van der Waals surface area contributed by atoms with Crippen LogP contribution < -0.4 is 5.32 Å². The molecule has 0 bridgehead atoms. The first-order valence-corrected chi connectivity index (χ1v) is 8.91. The number of benzene rings is 1. The molecule has 0 aromatic heterocycles. The maximum absolute atomic E-state index is 12.1. The number of rotatable bonds is 7. The topological polar surface area (TPSA) is 66.5 Å². The van der Waals surface area contributed by atoms with E-state index in [1.54, 1.807) is 6.92 Å². The summed E-state index contributed by atoms with van der Waals surface area (Å²) in [7, 11) is -3.40. The molecule has 6 heteroatoms. The Balaban J connectivity index is 2.71. The van der Waals surface area contributed by atoms with E-state index in [1.807, 2.05) is 44.2 Å². The number of carbonyl (C=O) groups is 1. The van der Waals surface area contributed by atoms with Gasteiger partial charge >= 0.3 is 0 Å². The Bertz CT molecular complexity index is 558. The molecule has 0 saturated heterocycles. The molecule has 1 amide bonds. The molecule has 0 saturated carbocycles. The lowest BCUT2D eigenvalue weighted by Crippen LogP contribution is -2.45. The Kier molecular flexibility index (Phi) is 6.36. The Morgan fingerprint density at radius 2 is 1.81 bits per heavy atom. The zero-order valence-electron chi connectivity index (χ0n) is 13.0. The molecule has 2 unspecified atom stereocenters. The monoisotopic (exact) mass is 312 g/mol. The quantitative estimate of drug-likeness (QED) is 0.836. The predicted octanol–water partition coefficient (Wildman–Crippen LogP) is 1.92. The zero-order chi connectivity index (χ0) is 16.0. The molecule has 1 N–H and O–H groups in total. The van der Waals surface area contributed by atoms with Crippen LogP contribution in [-0.4, -0.2) is 37.5 Å². The van der Waals surface area contributed by atoms with Crippen molar-refractivity contribution in [2.75, 3.05) is 12.8 Å². The van der Waals surface area contributed by atoms with Crippen LogP contribution in [0.1, 0.15) is 38.8 Å². The van der Waals surface area contributed by atoms with Crippen LogP contribution in [0.2, 0.25) is 0 Å². The van der Waals surface area contributed by atoms with Crippen molar-refractivity contribution in [2.45, 2.75) is 39.3 Å². The smallest absolute Gasteiger partial charge is 0.235 e. The van der Waals surface area contributed by atoms with Crippen LogP contribution in [0, 0.1) is 0 Å². The zero-order valence-corrected chi connectivity index (χ0v) is 13.9. The average molecular weight is 312 g/mol. The van der Waals surface area contributed by atoms with Crippen LogP contribution in [-0.2, 0) is 14.8 Å². The van der Waals surface area contributed by atoms with Gasteiger partial charge in [0, 0.05) is 6.04 Å². The SMILES string of the molecule is CCC(C)N(CC(=O)NC(C)c1ccccc1)S(C)(=O)=O. The summed E-state index contributed by atoms with van der Waals surface area (Å²) in [5.41, 5.74) is 0.986. The highest BCUT2D eigenvalue weighted by atomic mass is 32.2. The summed E-state index contributed by atoms with van der Waals surface area (Å²) in [6, 6.07) is 9.21. The summed E-state index contributed by atoms with van der Waals surface area (Å²) in [6.45, 7) is 5.43. The molecule has 1 rings (SSSR count). The maximum Gasteiger partial charge on any atom is 0.235 e. The average Bonchev–Trinajstić information content (AvgIpc) is 2.43. The second-order valence-electron chi connectivity index (χ2n) is 5.27. The van der Waals surface area contributed by atoms with Crippen molar-refractivity contribution in [3.8, 4) is 0 Å². The van der Waals surface area contributed by atoms with Gasteiger partial charge in [0.15, 0.2) is 0 Å². The van der Waals surface area contributed by atoms with E-state index in [0.717, 1.165) is 11.8 Å². The molecule has 21 heavy (non-hydrogen) atoms. The molecule has 5 nitrogen and oxygen atoms in total. The molecule has 0 aliphatic carbocycles. The van der Waals surface area contributed by atoms with Crippen molar-refractivity contribution in [2.24, 2.45) is 0 Å². The molecular weight excluding hydrogens is 288 g/mol. The van der Waals surface area contributed by atoms with Gasteiger partial charge in [-0.05, 0) is 25.8 Å². The minimum absolute atomic E-state index is 0.148. The van der Waals surface area contributed by atoms with E-state index in [4.69, 9.17) is 0 Å². The molecule has 2 atom stereocenters. The molecule has 1 aromatic rings. The van der Waals surface area contributed by atoms with Crippen molar-refractivity contribution in [3.63, 3.8) is 0 Å². The number of nitrogens with one attached hydrogen (secondary N) is 1. The van der Waals surface area contributed by atoms with Crippen LogP contribution in [0.15, 0.2) is 30.3 Å². The van der Waals surface area contributed by atoms with Gasteiger partial charge in [-0.2, -0.15) is 4.31 Å². The molecule has 0 radical (unpaired) electrons. The Morgan fingerprint density at radius 1 is 1.24 bits per heavy atom. The number of hydrogen-bond acceptors (Lipinski definition) is 3. The lowest BCUT2D eigenvalue weighted by atomic mass is 10.1. The maximum atomic E-state index is 12.1. The van der Waals surface area contributed by atoms with Gasteiger partial charge in [-0.15, -0.1) is 0 Å². The first kappa shape index (κ1) is 17.7. The van der Waals surface area contributed by atoms with Crippen LogP contribution in [0.5, 0.6) is 0 Å². The standard InChI is InChI=1S/C15H24N2O3S/c1-5-12(2)17(21(4,19)20)11-15(18)16-13(3)14-9-7-6-8-10-14/h6-10,12-13H,5,11H2,1-4H3,(H,16,18). The Labute approximate surface area is 127 Å². The summed E-state index contributed by atoms with van der Waals surface area (Å²) in [5.74, 6) is -0.294. The number of carbonyl (C=O) groups excluding carboxylic acids is 1. The van der Waals surface area contributed by atoms with E-state index in [2.05, 4.69) is 5.32 Å². The summed E-state index contributed by atoms with van der Waals surface area (Å²) < 4.78 is 24.8. The van der Waals surface area contributed by atoms with Gasteiger partial charge in [-0.1, -0.05) is 37.3 Å². The van der Waals surface area contributed by atoms with Crippen molar-refractivity contribution in [1.29, 1.82) is 0 Å². The fourth-order valence-electron chi connectivity index (χ4n) is 2.06.